The van der Waals surface area contributed by atoms with Crippen LogP contribution in [0.3, 0.4) is 0 Å². The van der Waals surface area contributed by atoms with Crippen LogP contribution in [0.25, 0.3) is 0 Å². The minimum Gasteiger partial charge on any atom is -0.314 e. The Morgan fingerprint density at radius 2 is 1.75 bits per heavy atom. The summed E-state index contributed by atoms with van der Waals surface area (Å²) in [6, 6.07) is 7.62. The molecule has 0 amide bonds. The first-order chi connectivity index (χ1) is 8.74. The van der Waals surface area contributed by atoms with Crippen molar-refractivity contribution in [3.05, 3.63) is 35.4 Å². The standard InChI is InChI=1S/C13H15F2N3.2ClH/c14-13(15)12(18-7-5-17-6-8-18)11-4-2-1-3-10(11)9-16;;/h1-4,12-13,17H,5-8H2;2*1H/t12-;;/m1../s1. The van der Waals surface area contributed by atoms with Crippen LogP contribution in [0.4, 0.5) is 8.78 Å². The molecule has 0 unspecified atom stereocenters. The second-order valence-electron chi connectivity index (χ2n) is 4.26. The molecule has 1 aliphatic rings. The number of halogens is 4. The fourth-order valence-electron chi connectivity index (χ4n) is 2.31. The van der Waals surface area contributed by atoms with Gasteiger partial charge in [-0.15, -0.1) is 24.8 Å². The molecular formula is C13H17Cl2F2N3. The van der Waals surface area contributed by atoms with Crippen LogP contribution < -0.4 is 5.32 Å². The molecule has 1 saturated heterocycles. The van der Waals surface area contributed by atoms with Crippen LogP contribution in [0.2, 0.25) is 0 Å². The van der Waals surface area contributed by atoms with Crippen molar-refractivity contribution in [3.63, 3.8) is 0 Å². The summed E-state index contributed by atoms with van der Waals surface area (Å²) in [6.07, 6.45) is -2.49. The molecule has 1 fully saturated rings. The maximum atomic E-state index is 13.3. The number of nitrogens with zero attached hydrogens (tertiary/aromatic N) is 2. The Morgan fingerprint density at radius 1 is 1.15 bits per heavy atom. The summed E-state index contributed by atoms with van der Waals surface area (Å²) in [4.78, 5) is 1.75. The third kappa shape index (κ3) is 4.29. The van der Waals surface area contributed by atoms with Gasteiger partial charge in [0.15, 0.2) is 0 Å². The van der Waals surface area contributed by atoms with Gasteiger partial charge in [0, 0.05) is 26.2 Å². The molecule has 0 radical (unpaired) electrons. The summed E-state index contributed by atoms with van der Waals surface area (Å²) in [5.41, 5.74) is 0.762. The topological polar surface area (TPSA) is 39.1 Å². The third-order valence-corrected chi connectivity index (χ3v) is 3.18. The average Bonchev–Trinajstić information content (AvgIpc) is 2.40. The Balaban J connectivity index is 0.00000180. The van der Waals surface area contributed by atoms with E-state index in [0.717, 1.165) is 0 Å². The zero-order valence-electron chi connectivity index (χ0n) is 10.8. The van der Waals surface area contributed by atoms with Gasteiger partial charge in [-0.2, -0.15) is 5.26 Å². The van der Waals surface area contributed by atoms with Crippen molar-refractivity contribution in [2.24, 2.45) is 0 Å². The minimum atomic E-state index is -2.49. The van der Waals surface area contributed by atoms with Crippen LogP contribution in [0.1, 0.15) is 17.2 Å². The van der Waals surface area contributed by atoms with Gasteiger partial charge in [-0.3, -0.25) is 4.90 Å². The number of piperazine rings is 1. The largest absolute Gasteiger partial charge is 0.314 e. The van der Waals surface area contributed by atoms with E-state index in [0.29, 0.717) is 37.3 Å². The molecule has 1 aliphatic heterocycles. The number of alkyl halides is 2. The van der Waals surface area contributed by atoms with Gasteiger partial charge in [-0.1, -0.05) is 18.2 Å². The number of hydrogen-bond donors (Lipinski definition) is 1. The highest BCUT2D eigenvalue weighted by Crippen LogP contribution is 2.29. The fraction of sp³-hybridized carbons (Fsp3) is 0.462. The van der Waals surface area contributed by atoms with Gasteiger partial charge in [0.25, 0.3) is 6.43 Å². The summed E-state index contributed by atoms with van der Waals surface area (Å²) >= 11 is 0. The number of hydrogen-bond acceptors (Lipinski definition) is 3. The van der Waals surface area contributed by atoms with Crippen LogP contribution >= 0.6 is 24.8 Å². The Bertz CT molecular complexity index is 445. The number of nitrogens with one attached hydrogen (secondary N) is 1. The number of rotatable bonds is 3. The van der Waals surface area contributed by atoms with Gasteiger partial charge in [0.05, 0.1) is 17.7 Å². The van der Waals surface area contributed by atoms with E-state index in [-0.39, 0.29) is 24.8 Å². The predicted octanol–water partition coefficient (Wildman–Crippen LogP) is 2.61. The quantitative estimate of drug-likeness (QED) is 0.929. The third-order valence-electron chi connectivity index (χ3n) is 3.18. The highest BCUT2D eigenvalue weighted by Gasteiger charge is 2.31. The normalized spacial score (nSPS) is 16.7. The molecule has 1 atom stereocenters. The zero-order valence-corrected chi connectivity index (χ0v) is 12.4. The van der Waals surface area contributed by atoms with Gasteiger partial charge in [0.2, 0.25) is 0 Å². The van der Waals surface area contributed by atoms with Crippen LogP contribution in [-0.4, -0.2) is 37.5 Å². The van der Waals surface area contributed by atoms with Crippen molar-refractivity contribution in [1.29, 1.82) is 5.26 Å². The molecule has 1 aromatic carbocycles. The van der Waals surface area contributed by atoms with Gasteiger partial charge in [0.1, 0.15) is 0 Å². The van der Waals surface area contributed by atoms with Crippen LogP contribution in [0, 0.1) is 11.3 Å². The Kier molecular flexibility index (Phi) is 8.67. The van der Waals surface area contributed by atoms with Gasteiger partial charge in [-0.25, -0.2) is 8.78 Å². The lowest BCUT2D eigenvalue weighted by Crippen LogP contribution is -2.47. The molecule has 112 valence electrons. The van der Waals surface area contributed by atoms with Gasteiger partial charge < -0.3 is 5.32 Å². The van der Waals surface area contributed by atoms with E-state index in [1.165, 1.54) is 0 Å². The molecule has 0 spiro atoms. The monoisotopic (exact) mass is 323 g/mol. The van der Waals surface area contributed by atoms with Crippen molar-refractivity contribution in [1.82, 2.24) is 10.2 Å². The van der Waals surface area contributed by atoms with Gasteiger partial charge in [-0.05, 0) is 11.6 Å². The molecule has 0 aromatic heterocycles. The van der Waals surface area contributed by atoms with Gasteiger partial charge >= 0.3 is 0 Å². The van der Waals surface area contributed by atoms with E-state index < -0.39 is 12.5 Å². The number of benzene rings is 1. The molecule has 3 nitrogen and oxygen atoms in total. The van der Waals surface area contributed by atoms with Crippen molar-refractivity contribution >= 4 is 24.8 Å². The molecule has 1 aromatic rings. The molecule has 0 aliphatic carbocycles. The lowest BCUT2D eigenvalue weighted by atomic mass is 9.99. The summed E-state index contributed by atoms with van der Waals surface area (Å²) in [6.45, 7) is 2.57. The Morgan fingerprint density at radius 3 is 2.30 bits per heavy atom. The molecule has 0 saturated carbocycles. The first kappa shape index (κ1) is 19.1. The molecule has 2 rings (SSSR count). The van der Waals surface area contributed by atoms with E-state index >= 15 is 0 Å². The maximum Gasteiger partial charge on any atom is 0.258 e. The van der Waals surface area contributed by atoms with E-state index in [9.17, 15) is 8.78 Å². The maximum absolute atomic E-state index is 13.3. The van der Waals surface area contributed by atoms with E-state index in [1.54, 1.807) is 29.2 Å². The summed E-state index contributed by atoms with van der Waals surface area (Å²) < 4.78 is 26.6. The van der Waals surface area contributed by atoms with E-state index in [4.69, 9.17) is 5.26 Å². The fourth-order valence-corrected chi connectivity index (χ4v) is 2.31. The summed E-state index contributed by atoms with van der Waals surface area (Å²) in [5.74, 6) is 0. The van der Waals surface area contributed by atoms with Crippen molar-refractivity contribution < 1.29 is 8.78 Å². The Hall–Kier alpha value is -0.930. The molecular weight excluding hydrogens is 307 g/mol. The van der Waals surface area contributed by atoms with Crippen LogP contribution in [-0.2, 0) is 0 Å². The SMILES string of the molecule is Cl.Cl.N#Cc1ccccc1[C@H](C(F)F)N1CCNCC1. The summed E-state index contributed by atoms with van der Waals surface area (Å²) in [5, 5.41) is 12.2. The molecule has 7 heteroatoms. The lowest BCUT2D eigenvalue weighted by Gasteiger charge is -2.34. The average molecular weight is 324 g/mol. The van der Waals surface area contributed by atoms with E-state index in [1.807, 2.05) is 6.07 Å². The first-order valence-electron chi connectivity index (χ1n) is 5.96. The van der Waals surface area contributed by atoms with Crippen LogP contribution in [0.5, 0.6) is 0 Å². The van der Waals surface area contributed by atoms with E-state index in [2.05, 4.69) is 5.32 Å². The molecule has 1 N–H and O–H groups in total. The zero-order chi connectivity index (χ0) is 13.0. The van der Waals surface area contributed by atoms with Crippen molar-refractivity contribution in [2.45, 2.75) is 12.5 Å². The minimum absolute atomic E-state index is 0. The van der Waals surface area contributed by atoms with Crippen molar-refractivity contribution in [3.8, 4) is 6.07 Å². The number of nitriles is 1. The van der Waals surface area contributed by atoms with Crippen LogP contribution in [0.15, 0.2) is 24.3 Å². The second kappa shape index (κ2) is 9.09. The second-order valence-corrected chi connectivity index (χ2v) is 4.26. The molecule has 1 heterocycles. The molecule has 20 heavy (non-hydrogen) atoms. The lowest BCUT2D eigenvalue weighted by molar-refractivity contribution is 0.0180. The Labute approximate surface area is 129 Å². The highest BCUT2D eigenvalue weighted by atomic mass is 35.5. The smallest absolute Gasteiger partial charge is 0.258 e. The summed E-state index contributed by atoms with van der Waals surface area (Å²) in [7, 11) is 0. The molecule has 0 bridgehead atoms. The van der Waals surface area contributed by atoms with Crippen molar-refractivity contribution in [2.75, 3.05) is 26.2 Å². The first-order valence-corrected chi connectivity index (χ1v) is 5.96. The highest BCUT2D eigenvalue weighted by molar-refractivity contribution is 5.85. The predicted molar refractivity (Wildman–Crippen MR) is 78.8 cm³/mol.